The Balaban J connectivity index is 1.79. The molecule has 2 aromatic rings. The Morgan fingerprint density at radius 3 is 2.56 bits per heavy atom. The Kier molecular flexibility index (Phi) is 6.68. The average molecular weight is 347 g/mol. The van der Waals surface area contributed by atoms with E-state index in [1.165, 1.54) is 19.1 Å². The second-order valence-electron chi connectivity index (χ2n) is 5.90. The third-order valence-corrected chi connectivity index (χ3v) is 3.81. The van der Waals surface area contributed by atoms with Crippen molar-refractivity contribution >= 4 is 22.7 Å². The summed E-state index contributed by atoms with van der Waals surface area (Å²) in [6.45, 7) is 2.59. The Morgan fingerprint density at radius 2 is 1.84 bits per heavy atom. The number of benzene rings is 1. The summed E-state index contributed by atoms with van der Waals surface area (Å²) in [6, 6.07) is 5.89. The molecule has 3 N–H and O–H groups in total. The number of carbonyl (C=O) groups is 2. The topological polar surface area (TPSA) is 91.1 Å². The van der Waals surface area contributed by atoms with E-state index < -0.39 is 5.82 Å². The monoisotopic (exact) mass is 347 g/mol. The Hall–Kier alpha value is -2.70. The maximum atomic E-state index is 13.2. The molecule has 1 aromatic heterocycles. The molecule has 0 atom stereocenters. The van der Waals surface area contributed by atoms with Gasteiger partial charge >= 0.3 is 0 Å². The number of rotatable bonds is 8. The van der Waals surface area contributed by atoms with Crippen LogP contribution in [-0.2, 0) is 16.0 Å². The number of nitrogens with one attached hydrogen (secondary N) is 3. The average Bonchev–Trinajstić information content (AvgIpc) is 2.55. The molecule has 0 saturated heterocycles. The van der Waals surface area contributed by atoms with Gasteiger partial charge in [-0.1, -0.05) is 0 Å². The number of aromatic nitrogens is 1. The van der Waals surface area contributed by atoms with Crippen LogP contribution in [0.5, 0.6) is 0 Å². The van der Waals surface area contributed by atoms with Crippen LogP contribution < -0.4 is 16.2 Å². The number of hydrogen-bond donors (Lipinski definition) is 3. The van der Waals surface area contributed by atoms with E-state index in [0.717, 1.165) is 18.2 Å². The van der Waals surface area contributed by atoms with Gasteiger partial charge in [0.15, 0.2) is 0 Å². The first-order chi connectivity index (χ1) is 12.0. The number of halogens is 1. The minimum atomic E-state index is -0.409. The van der Waals surface area contributed by atoms with Crippen molar-refractivity contribution in [2.45, 2.75) is 32.6 Å². The number of fused-ring (bicyclic) bond motifs is 1. The van der Waals surface area contributed by atoms with Crippen molar-refractivity contribution in [1.82, 2.24) is 15.6 Å². The van der Waals surface area contributed by atoms with E-state index in [9.17, 15) is 18.8 Å². The summed E-state index contributed by atoms with van der Waals surface area (Å²) in [7, 11) is 0. The second-order valence-corrected chi connectivity index (χ2v) is 5.90. The molecule has 0 aliphatic carbocycles. The SMILES string of the molecule is CC(=O)NCCCCNC(=O)CCc1cc2ccc(F)cc2[nH]c1=O. The van der Waals surface area contributed by atoms with E-state index >= 15 is 0 Å². The van der Waals surface area contributed by atoms with Crippen molar-refractivity contribution in [3.63, 3.8) is 0 Å². The summed E-state index contributed by atoms with van der Waals surface area (Å²) in [6.07, 6.45) is 2.09. The lowest BCUT2D eigenvalue weighted by Gasteiger charge is -2.06. The van der Waals surface area contributed by atoms with Crippen molar-refractivity contribution in [3.05, 3.63) is 46.0 Å². The summed E-state index contributed by atoms with van der Waals surface area (Å²) < 4.78 is 13.2. The van der Waals surface area contributed by atoms with Gasteiger partial charge in [0, 0.05) is 32.0 Å². The van der Waals surface area contributed by atoms with Crippen LogP contribution >= 0.6 is 0 Å². The standard InChI is InChI=1S/C18H22FN3O3/c1-12(23)20-8-2-3-9-21-17(24)7-5-14-10-13-4-6-15(19)11-16(13)22-18(14)25/h4,6,10-11H,2-3,5,7-9H2,1H3,(H,20,23)(H,21,24)(H,22,25). The molecule has 0 bridgehead atoms. The van der Waals surface area contributed by atoms with Crippen LogP contribution in [0.1, 0.15) is 31.7 Å². The number of amides is 2. The van der Waals surface area contributed by atoms with Crippen LogP contribution in [0.15, 0.2) is 29.1 Å². The van der Waals surface area contributed by atoms with E-state index in [0.29, 0.717) is 30.6 Å². The van der Waals surface area contributed by atoms with Gasteiger partial charge in [0.1, 0.15) is 5.82 Å². The van der Waals surface area contributed by atoms with Gasteiger partial charge in [0.25, 0.3) is 5.56 Å². The highest BCUT2D eigenvalue weighted by Crippen LogP contribution is 2.13. The summed E-state index contributed by atoms with van der Waals surface area (Å²) in [5.74, 6) is -0.598. The van der Waals surface area contributed by atoms with Gasteiger partial charge in [-0.2, -0.15) is 0 Å². The molecule has 134 valence electrons. The first-order valence-electron chi connectivity index (χ1n) is 8.28. The van der Waals surface area contributed by atoms with E-state index in [1.54, 1.807) is 12.1 Å². The molecule has 1 aromatic carbocycles. The van der Waals surface area contributed by atoms with Gasteiger partial charge in [-0.3, -0.25) is 14.4 Å². The minimum absolute atomic E-state index is 0.0626. The molecule has 0 fully saturated rings. The van der Waals surface area contributed by atoms with Gasteiger partial charge in [-0.15, -0.1) is 0 Å². The van der Waals surface area contributed by atoms with Crippen LogP contribution in [0.3, 0.4) is 0 Å². The van der Waals surface area contributed by atoms with Gasteiger partial charge in [-0.25, -0.2) is 4.39 Å². The predicted octanol–water partition coefficient (Wildman–Crippen LogP) is 1.63. The molecule has 7 heteroatoms. The van der Waals surface area contributed by atoms with Crippen molar-refractivity contribution in [2.24, 2.45) is 0 Å². The molecule has 0 unspecified atom stereocenters. The van der Waals surface area contributed by atoms with Gasteiger partial charge in [-0.05, 0) is 48.9 Å². The van der Waals surface area contributed by atoms with Gasteiger partial charge in [0.2, 0.25) is 11.8 Å². The number of pyridine rings is 1. The third-order valence-electron chi connectivity index (χ3n) is 3.81. The molecule has 0 saturated carbocycles. The first kappa shape index (κ1) is 18.6. The lowest BCUT2D eigenvalue weighted by Crippen LogP contribution is -2.27. The lowest BCUT2D eigenvalue weighted by molar-refractivity contribution is -0.121. The maximum absolute atomic E-state index is 13.2. The van der Waals surface area contributed by atoms with Crippen LogP contribution in [0.4, 0.5) is 4.39 Å². The number of aromatic amines is 1. The molecule has 2 amide bonds. The quantitative estimate of drug-likeness (QED) is 0.634. The van der Waals surface area contributed by atoms with Crippen molar-refractivity contribution in [2.75, 3.05) is 13.1 Å². The fourth-order valence-electron chi connectivity index (χ4n) is 2.48. The van der Waals surface area contributed by atoms with Crippen molar-refractivity contribution in [3.8, 4) is 0 Å². The zero-order valence-electron chi connectivity index (χ0n) is 14.2. The van der Waals surface area contributed by atoms with E-state index in [2.05, 4.69) is 15.6 Å². The summed E-state index contributed by atoms with van der Waals surface area (Å²) in [5.41, 5.74) is 0.637. The number of unbranched alkanes of at least 4 members (excludes halogenated alkanes) is 1. The Bertz CT molecular complexity index is 817. The van der Waals surface area contributed by atoms with E-state index in [1.807, 2.05) is 0 Å². The number of carbonyl (C=O) groups excluding carboxylic acids is 2. The van der Waals surface area contributed by atoms with Crippen LogP contribution in [0.2, 0.25) is 0 Å². The van der Waals surface area contributed by atoms with Crippen molar-refractivity contribution < 1.29 is 14.0 Å². The molecule has 0 aliphatic rings. The normalized spacial score (nSPS) is 10.6. The first-order valence-corrected chi connectivity index (χ1v) is 8.28. The number of hydrogen-bond acceptors (Lipinski definition) is 3. The fourth-order valence-corrected chi connectivity index (χ4v) is 2.48. The fraction of sp³-hybridized carbons (Fsp3) is 0.389. The van der Waals surface area contributed by atoms with Crippen LogP contribution in [0.25, 0.3) is 10.9 Å². The van der Waals surface area contributed by atoms with E-state index in [4.69, 9.17) is 0 Å². The zero-order valence-corrected chi connectivity index (χ0v) is 14.2. The molecular formula is C18H22FN3O3. The molecule has 1 heterocycles. The highest BCUT2D eigenvalue weighted by molar-refractivity contribution is 5.79. The summed E-state index contributed by atoms with van der Waals surface area (Å²) in [4.78, 5) is 37.2. The number of aryl methyl sites for hydroxylation is 1. The highest BCUT2D eigenvalue weighted by atomic mass is 19.1. The highest BCUT2D eigenvalue weighted by Gasteiger charge is 2.07. The molecule has 25 heavy (non-hydrogen) atoms. The lowest BCUT2D eigenvalue weighted by atomic mass is 10.1. The molecule has 6 nitrogen and oxygen atoms in total. The van der Waals surface area contributed by atoms with Gasteiger partial charge in [0.05, 0.1) is 5.52 Å². The van der Waals surface area contributed by atoms with Gasteiger partial charge < -0.3 is 15.6 Å². The number of H-pyrrole nitrogens is 1. The zero-order chi connectivity index (χ0) is 18.2. The summed E-state index contributed by atoms with van der Waals surface area (Å²) in [5, 5.41) is 6.21. The van der Waals surface area contributed by atoms with Crippen LogP contribution in [-0.4, -0.2) is 29.9 Å². The minimum Gasteiger partial charge on any atom is -0.356 e. The predicted molar refractivity (Wildman–Crippen MR) is 93.8 cm³/mol. The van der Waals surface area contributed by atoms with E-state index in [-0.39, 0.29) is 23.8 Å². The Morgan fingerprint density at radius 1 is 1.12 bits per heavy atom. The van der Waals surface area contributed by atoms with Crippen molar-refractivity contribution in [1.29, 1.82) is 0 Å². The van der Waals surface area contributed by atoms with Crippen LogP contribution in [0, 0.1) is 5.82 Å². The molecule has 0 radical (unpaired) electrons. The molecule has 2 rings (SSSR count). The molecule has 0 aliphatic heterocycles. The Labute approximate surface area is 144 Å². The summed E-state index contributed by atoms with van der Waals surface area (Å²) >= 11 is 0. The largest absolute Gasteiger partial charge is 0.356 e. The smallest absolute Gasteiger partial charge is 0.251 e. The molecule has 0 spiro atoms. The maximum Gasteiger partial charge on any atom is 0.251 e. The second kappa shape index (κ2) is 8.96. The molecular weight excluding hydrogens is 325 g/mol. The third kappa shape index (κ3) is 6.02.